The molecule has 0 aliphatic carbocycles. The second kappa shape index (κ2) is 4.42. The Bertz CT molecular complexity index is 488. The van der Waals surface area contributed by atoms with Crippen molar-refractivity contribution in [2.45, 2.75) is 52.4 Å². The van der Waals surface area contributed by atoms with Crippen LogP contribution in [0, 0.1) is 0 Å². The van der Waals surface area contributed by atoms with Crippen molar-refractivity contribution in [3.63, 3.8) is 0 Å². The largest absolute Gasteiger partial charge is 0.248 e. The summed E-state index contributed by atoms with van der Waals surface area (Å²) in [6.45, 7) is 13.2. The Morgan fingerprint density at radius 2 is 1.67 bits per heavy atom. The van der Waals surface area contributed by atoms with E-state index in [0.717, 1.165) is 10.7 Å². The average molecular weight is 280 g/mol. The second-order valence-corrected chi connectivity index (χ2v) is 8.46. The fraction of sp³-hybridized carbons (Fsp3) is 0.571. The minimum absolute atomic E-state index is 0.117. The first-order valence-corrected chi connectivity index (χ1v) is 7.80. The average Bonchev–Trinajstić information content (AvgIpc) is 2.84. The van der Waals surface area contributed by atoms with Gasteiger partial charge < -0.3 is 0 Å². The molecule has 4 heteroatoms. The fourth-order valence-corrected chi connectivity index (χ4v) is 3.53. The first-order chi connectivity index (χ1) is 8.18. The molecule has 0 N–H and O–H groups in total. The van der Waals surface area contributed by atoms with Crippen LogP contribution >= 0.6 is 22.7 Å². The highest BCUT2D eigenvalue weighted by molar-refractivity contribution is 7.20. The van der Waals surface area contributed by atoms with E-state index in [1.165, 1.54) is 9.88 Å². The van der Waals surface area contributed by atoms with Gasteiger partial charge in [-0.25, -0.2) is 9.97 Å². The summed E-state index contributed by atoms with van der Waals surface area (Å²) in [5.41, 5.74) is 1.40. The van der Waals surface area contributed by atoms with Crippen molar-refractivity contribution in [3.05, 3.63) is 22.3 Å². The Labute approximate surface area is 117 Å². The third kappa shape index (κ3) is 2.81. The van der Waals surface area contributed by atoms with Crippen LogP contribution in [0.5, 0.6) is 0 Å². The molecule has 0 fully saturated rings. The predicted octanol–water partition coefficient (Wildman–Crippen LogP) is 4.86. The zero-order valence-corrected chi connectivity index (χ0v) is 13.5. The predicted molar refractivity (Wildman–Crippen MR) is 80.6 cm³/mol. The lowest BCUT2D eigenvalue weighted by Gasteiger charge is -2.14. The van der Waals surface area contributed by atoms with Gasteiger partial charge in [0, 0.05) is 22.4 Å². The van der Waals surface area contributed by atoms with E-state index in [0.29, 0.717) is 0 Å². The maximum Gasteiger partial charge on any atom is 0.135 e. The van der Waals surface area contributed by atoms with Crippen LogP contribution < -0.4 is 0 Å². The van der Waals surface area contributed by atoms with E-state index >= 15 is 0 Å². The molecule has 0 aliphatic rings. The van der Waals surface area contributed by atoms with Gasteiger partial charge in [0.1, 0.15) is 5.01 Å². The van der Waals surface area contributed by atoms with Crippen LogP contribution in [0.3, 0.4) is 0 Å². The summed E-state index contributed by atoms with van der Waals surface area (Å²) in [7, 11) is 0. The molecule has 0 bridgehead atoms. The summed E-state index contributed by atoms with van der Waals surface area (Å²) in [6.07, 6.45) is 1.95. The molecule has 2 nitrogen and oxygen atoms in total. The number of rotatable bonds is 1. The van der Waals surface area contributed by atoms with Crippen molar-refractivity contribution in [1.29, 1.82) is 0 Å². The van der Waals surface area contributed by atoms with Crippen molar-refractivity contribution < 1.29 is 0 Å². The van der Waals surface area contributed by atoms with Crippen molar-refractivity contribution in [1.82, 2.24) is 9.97 Å². The first kappa shape index (κ1) is 13.7. The Kier molecular flexibility index (Phi) is 3.36. The molecule has 2 aromatic heterocycles. The van der Waals surface area contributed by atoms with Crippen LogP contribution in [-0.4, -0.2) is 9.97 Å². The van der Waals surface area contributed by atoms with Crippen LogP contribution in [0.4, 0.5) is 0 Å². The van der Waals surface area contributed by atoms with Crippen molar-refractivity contribution in [3.8, 4) is 9.88 Å². The van der Waals surface area contributed by atoms with Gasteiger partial charge in [0.2, 0.25) is 0 Å². The van der Waals surface area contributed by atoms with Crippen LogP contribution in [0.25, 0.3) is 9.88 Å². The summed E-state index contributed by atoms with van der Waals surface area (Å²) >= 11 is 3.47. The number of nitrogens with zero attached hydrogens (tertiary/aromatic N) is 2. The fourth-order valence-electron chi connectivity index (χ4n) is 1.45. The van der Waals surface area contributed by atoms with Gasteiger partial charge in [-0.15, -0.1) is 22.7 Å². The highest BCUT2D eigenvalue weighted by atomic mass is 32.1. The highest BCUT2D eigenvalue weighted by Crippen LogP contribution is 2.35. The molecule has 0 saturated carbocycles. The number of hydrogen-bond donors (Lipinski definition) is 0. The monoisotopic (exact) mass is 280 g/mol. The van der Waals surface area contributed by atoms with Crippen LogP contribution in [0.1, 0.15) is 52.2 Å². The van der Waals surface area contributed by atoms with E-state index < -0.39 is 0 Å². The van der Waals surface area contributed by atoms with E-state index in [1.54, 1.807) is 22.7 Å². The third-order valence-electron chi connectivity index (χ3n) is 2.63. The van der Waals surface area contributed by atoms with E-state index in [9.17, 15) is 0 Å². The maximum atomic E-state index is 4.74. The van der Waals surface area contributed by atoms with Crippen LogP contribution in [0.2, 0.25) is 0 Å². The Balaban J connectivity index is 2.33. The molecular formula is C14H20N2S2. The molecule has 18 heavy (non-hydrogen) atoms. The molecule has 0 unspecified atom stereocenters. The number of hydrogen-bond acceptors (Lipinski definition) is 4. The maximum absolute atomic E-state index is 4.74. The van der Waals surface area contributed by atoms with Crippen LogP contribution in [-0.2, 0) is 10.8 Å². The normalized spacial score (nSPS) is 13.0. The molecule has 0 atom stereocenters. The van der Waals surface area contributed by atoms with Gasteiger partial charge in [-0.2, -0.15) is 0 Å². The molecule has 2 rings (SSSR count). The van der Waals surface area contributed by atoms with E-state index in [1.807, 2.05) is 6.20 Å². The van der Waals surface area contributed by atoms with Gasteiger partial charge >= 0.3 is 0 Å². The minimum Gasteiger partial charge on any atom is -0.248 e. The lowest BCUT2D eigenvalue weighted by molar-refractivity contribution is 0.573. The molecule has 2 heterocycles. The number of aromatic nitrogens is 2. The third-order valence-corrected chi connectivity index (χ3v) is 5.07. The Hall–Kier alpha value is -0.740. The Morgan fingerprint density at radius 1 is 1.00 bits per heavy atom. The molecule has 0 radical (unpaired) electrons. The molecule has 98 valence electrons. The molecule has 2 aromatic rings. The zero-order valence-electron chi connectivity index (χ0n) is 11.9. The lowest BCUT2D eigenvalue weighted by Crippen LogP contribution is -2.11. The SMILES string of the molecule is CC(C)(C)c1csc(-c2cnc(C(C)(C)C)s2)n1. The molecular weight excluding hydrogens is 260 g/mol. The van der Waals surface area contributed by atoms with Gasteiger partial charge in [-0.05, 0) is 0 Å². The van der Waals surface area contributed by atoms with E-state index in [2.05, 4.69) is 51.9 Å². The van der Waals surface area contributed by atoms with Crippen molar-refractivity contribution in [2.75, 3.05) is 0 Å². The Morgan fingerprint density at radius 3 is 2.11 bits per heavy atom. The number of thiazole rings is 2. The molecule has 0 saturated heterocycles. The summed E-state index contributed by atoms with van der Waals surface area (Å²) in [4.78, 5) is 10.4. The molecule has 0 aromatic carbocycles. The standard InChI is InChI=1S/C14H20N2S2/c1-13(2,3)10-8-17-11(16-10)9-7-15-12(18-9)14(4,5)6/h7-8H,1-6H3. The quantitative estimate of drug-likeness (QED) is 0.745. The second-order valence-electron chi connectivity index (χ2n) is 6.57. The summed E-state index contributed by atoms with van der Waals surface area (Å²) < 4.78 is 0. The zero-order chi connectivity index (χ0) is 13.6. The van der Waals surface area contributed by atoms with Crippen LogP contribution in [0.15, 0.2) is 11.6 Å². The van der Waals surface area contributed by atoms with Crippen molar-refractivity contribution >= 4 is 22.7 Å². The summed E-state index contributed by atoms with van der Waals surface area (Å²) in [6, 6.07) is 0. The first-order valence-electron chi connectivity index (χ1n) is 6.10. The minimum atomic E-state index is 0.117. The summed E-state index contributed by atoms with van der Waals surface area (Å²) in [5.74, 6) is 0. The van der Waals surface area contributed by atoms with Gasteiger partial charge in [0.15, 0.2) is 0 Å². The van der Waals surface area contributed by atoms with E-state index in [-0.39, 0.29) is 10.8 Å². The topological polar surface area (TPSA) is 25.8 Å². The van der Waals surface area contributed by atoms with Gasteiger partial charge in [-0.3, -0.25) is 0 Å². The molecule has 0 spiro atoms. The lowest BCUT2D eigenvalue weighted by atomic mass is 9.93. The van der Waals surface area contributed by atoms with Gasteiger partial charge in [0.05, 0.1) is 15.6 Å². The van der Waals surface area contributed by atoms with Crippen molar-refractivity contribution in [2.24, 2.45) is 0 Å². The smallest absolute Gasteiger partial charge is 0.135 e. The molecule has 0 aliphatic heterocycles. The summed E-state index contributed by atoms with van der Waals surface area (Å²) in [5, 5.41) is 4.42. The molecule has 0 amide bonds. The van der Waals surface area contributed by atoms with Gasteiger partial charge in [-0.1, -0.05) is 41.5 Å². The van der Waals surface area contributed by atoms with Gasteiger partial charge in [0.25, 0.3) is 0 Å². The van der Waals surface area contributed by atoms with E-state index in [4.69, 9.17) is 4.98 Å². The highest BCUT2D eigenvalue weighted by Gasteiger charge is 2.21.